The SMILES string of the molecule is CCOC(=O)COc1cc(C)nc2c1c(=O)cc(NC1=CCCC=C1)n2-c1ccccc1. The lowest BCUT2D eigenvalue weighted by molar-refractivity contribution is -0.145. The Labute approximate surface area is 186 Å². The van der Waals surface area contributed by atoms with Crippen LogP contribution < -0.4 is 15.5 Å². The highest BCUT2D eigenvalue weighted by Crippen LogP contribution is 2.29. The largest absolute Gasteiger partial charge is 0.481 e. The van der Waals surface area contributed by atoms with Gasteiger partial charge in [0.2, 0.25) is 0 Å². The highest BCUT2D eigenvalue weighted by Gasteiger charge is 2.18. The molecule has 0 fully saturated rings. The number of nitrogens with zero attached hydrogens (tertiary/aromatic N) is 2. The fourth-order valence-corrected chi connectivity index (χ4v) is 3.63. The number of fused-ring (bicyclic) bond motifs is 1. The third kappa shape index (κ3) is 4.56. The van der Waals surface area contributed by atoms with Gasteiger partial charge in [0.15, 0.2) is 17.7 Å². The number of esters is 1. The number of hydrogen-bond acceptors (Lipinski definition) is 6. The minimum Gasteiger partial charge on any atom is -0.481 e. The highest BCUT2D eigenvalue weighted by molar-refractivity contribution is 5.86. The molecule has 7 heteroatoms. The highest BCUT2D eigenvalue weighted by atomic mass is 16.6. The van der Waals surface area contributed by atoms with Crippen molar-refractivity contribution in [2.24, 2.45) is 0 Å². The molecule has 0 saturated carbocycles. The average molecular weight is 431 g/mol. The summed E-state index contributed by atoms with van der Waals surface area (Å²) in [6.07, 6.45) is 8.13. The van der Waals surface area contributed by atoms with E-state index in [0.717, 1.165) is 24.2 Å². The topological polar surface area (TPSA) is 82.5 Å². The number of rotatable bonds is 7. The summed E-state index contributed by atoms with van der Waals surface area (Å²) in [5.74, 6) is 0.410. The molecule has 0 amide bonds. The predicted molar refractivity (Wildman–Crippen MR) is 124 cm³/mol. The third-order valence-electron chi connectivity index (χ3n) is 4.99. The Morgan fingerprint density at radius 2 is 2.00 bits per heavy atom. The molecule has 1 N–H and O–H groups in total. The maximum atomic E-state index is 13.2. The molecule has 3 aromatic rings. The Hall–Kier alpha value is -3.87. The maximum absolute atomic E-state index is 13.2. The quantitative estimate of drug-likeness (QED) is 0.562. The second-order valence-corrected chi connectivity index (χ2v) is 7.38. The van der Waals surface area contributed by atoms with Gasteiger partial charge < -0.3 is 14.8 Å². The summed E-state index contributed by atoms with van der Waals surface area (Å²) < 4.78 is 12.5. The number of anilines is 1. The van der Waals surface area contributed by atoms with Gasteiger partial charge in [-0.1, -0.05) is 30.4 Å². The lowest BCUT2D eigenvalue weighted by Crippen LogP contribution is -2.18. The molecule has 1 aliphatic carbocycles. The summed E-state index contributed by atoms with van der Waals surface area (Å²) in [4.78, 5) is 29.7. The molecule has 0 spiro atoms. The van der Waals surface area contributed by atoms with E-state index in [0.29, 0.717) is 28.3 Å². The van der Waals surface area contributed by atoms with Crippen molar-refractivity contribution >= 4 is 22.8 Å². The molecule has 7 nitrogen and oxygen atoms in total. The number of allylic oxidation sites excluding steroid dienone is 3. The first-order valence-corrected chi connectivity index (χ1v) is 10.6. The van der Waals surface area contributed by atoms with Crippen LogP contribution >= 0.6 is 0 Å². The monoisotopic (exact) mass is 431 g/mol. The lowest BCUT2D eigenvalue weighted by atomic mass is 10.1. The third-order valence-corrected chi connectivity index (χ3v) is 4.99. The normalized spacial score (nSPS) is 13.0. The molecular weight excluding hydrogens is 406 g/mol. The first-order valence-electron chi connectivity index (χ1n) is 10.6. The Morgan fingerprint density at radius 3 is 2.72 bits per heavy atom. The lowest BCUT2D eigenvalue weighted by Gasteiger charge is -2.20. The van der Waals surface area contributed by atoms with Gasteiger partial charge in [-0.2, -0.15) is 0 Å². The minimum atomic E-state index is -0.493. The van der Waals surface area contributed by atoms with Crippen LogP contribution in [0.2, 0.25) is 0 Å². The van der Waals surface area contributed by atoms with Gasteiger partial charge >= 0.3 is 5.97 Å². The zero-order chi connectivity index (χ0) is 22.5. The van der Waals surface area contributed by atoms with Crippen LogP contribution in [-0.2, 0) is 9.53 Å². The number of para-hydroxylation sites is 1. The summed E-state index contributed by atoms with van der Waals surface area (Å²) in [6, 6.07) is 12.9. The summed E-state index contributed by atoms with van der Waals surface area (Å²) >= 11 is 0. The molecule has 0 bridgehead atoms. The molecule has 1 aliphatic rings. The number of hydrogen-bond donors (Lipinski definition) is 1. The molecular formula is C25H25N3O4. The van der Waals surface area contributed by atoms with E-state index in [1.165, 1.54) is 6.07 Å². The number of carbonyl (C=O) groups is 1. The molecule has 2 heterocycles. The van der Waals surface area contributed by atoms with Gasteiger partial charge in [-0.15, -0.1) is 0 Å². The Balaban J connectivity index is 1.90. The van der Waals surface area contributed by atoms with E-state index >= 15 is 0 Å². The summed E-state index contributed by atoms with van der Waals surface area (Å²) in [5, 5.41) is 3.68. The first-order chi connectivity index (χ1) is 15.6. The number of aryl methyl sites for hydroxylation is 1. The van der Waals surface area contributed by atoms with E-state index in [2.05, 4.69) is 22.5 Å². The van der Waals surface area contributed by atoms with Crippen molar-refractivity contribution in [2.45, 2.75) is 26.7 Å². The number of nitrogens with one attached hydrogen (secondary N) is 1. The number of pyridine rings is 2. The summed E-state index contributed by atoms with van der Waals surface area (Å²) in [7, 11) is 0. The number of aromatic nitrogens is 2. The van der Waals surface area contributed by atoms with Gasteiger partial charge in [0.25, 0.3) is 0 Å². The zero-order valence-electron chi connectivity index (χ0n) is 18.1. The van der Waals surface area contributed by atoms with E-state index in [-0.39, 0.29) is 18.6 Å². The van der Waals surface area contributed by atoms with E-state index in [1.54, 1.807) is 13.0 Å². The van der Waals surface area contributed by atoms with Crippen molar-refractivity contribution in [1.29, 1.82) is 0 Å². The van der Waals surface area contributed by atoms with Crippen LogP contribution in [0.1, 0.15) is 25.5 Å². The standard InChI is InChI=1S/C25H25N3O4/c1-3-31-23(30)16-32-21-14-17(2)26-25-24(21)20(29)15-22(27-18-10-6-4-7-11-18)28(25)19-12-8-5-9-13-19/h5-6,8-15,27H,3-4,7,16H2,1-2H3. The van der Waals surface area contributed by atoms with Crippen LogP contribution in [0.15, 0.2) is 71.2 Å². The summed E-state index contributed by atoms with van der Waals surface area (Å²) in [6.45, 7) is 3.53. The molecule has 0 saturated heterocycles. The molecule has 0 unspecified atom stereocenters. The maximum Gasteiger partial charge on any atom is 0.344 e. The van der Waals surface area contributed by atoms with Crippen molar-refractivity contribution in [1.82, 2.24) is 9.55 Å². The molecule has 32 heavy (non-hydrogen) atoms. The molecule has 4 rings (SSSR count). The van der Waals surface area contributed by atoms with Crippen LogP contribution in [0.4, 0.5) is 5.82 Å². The van der Waals surface area contributed by atoms with Gasteiger partial charge in [-0.05, 0) is 44.9 Å². The van der Waals surface area contributed by atoms with Crippen molar-refractivity contribution in [3.8, 4) is 11.4 Å². The second-order valence-electron chi connectivity index (χ2n) is 7.38. The Morgan fingerprint density at radius 1 is 1.19 bits per heavy atom. The van der Waals surface area contributed by atoms with Gasteiger partial charge in [0.05, 0.1) is 6.61 Å². The van der Waals surface area contributed by atoms with Crippen molar-refractivity contribution in [3.05, 3.63) is 82.3 Å². The number of benzene rings is 1. The van der Waals surface area contributed by atoms with E-state index in [1.807, 2.05) is 47.9 Å². The summed E-state index contributed by atoms with van der Waals surface area (Å²) in [5.41, 5.74) is 2.63. The minimum absolute atomic E-state index is 0.249. The molecule has 2 aromatic heterocycles. The fraction of sp³-hybridized carbons (Fsp3) is 0.240. The number of ether oxygens (including phenoxy) is 2. The van der Waals surface area contributed by atoms with E-state index < -0.39 is 5.97 Å². The van der Waals surface area contributed by atoms with Gasteiger partial charge in [0.1, 0.15) is 17.0 Å². The molecule has 1 aromatic carbocycles. The molecule has 0 aliphatic heterocycles. The van der Waals surface area contributed by atoms with Crippen molar-refractivity contribution < 1.29 is 14.3 Å². The smallest absolute Gasteiger partial charge is 0.344 e. The molecule has 0 radical (unpaired) electrons. The van der Waals surface area contributed by atoms with Gasteiger partial charge in [0, 0.05) is 29.2 Å². The van der Waals surface area contributed by atoms with Gasteiger partial charge in [-0.25, -0.2) is 9.78 Å². The van der Waals surface area contributed by atoms with Crippen molar-refractivity contribution in [2.75, 3.05) is 18.5 Å². The average Bonchev–Trinajstić information content (AvgIpc) is 2.79. The van der Waals surface area contributed by atoms with Crippen LogP contribution in [0.5, 0.6) is 5.75 Å². The zero-order valence-corrected chi connectivity index (χ0v) is 18.1. The first kappa shape index (κ1) is 21.4. The van der Waals surface area contributed by atoms with Crippen LogP contribution in [0.25, 0.3) is 16.7 Å². The van der Waals surface area contributed by atoms with E-state index in [9.17, 15) is 9.59 Å². The van der Waals surface area contributed by atoms with Crippen LogP contribution in [0, 0.1) is 6.92 Å². The number of carbonyl (C=O) groups excluding carboxylic acids is 1. The van der Waals surface area contributed by atoms with Crippen LogP contribution in [0.3, 0.4) is 0 Å². The van der Waals surface area contributed by atoms with Crippen molar-refractivity contribution in [3.63, 3.8) is 0 Å². The fourth-order valence-electron chi connectivity index (χ4n) is 3.63. The Bertz CT molecular complexity index is 1260. The van der Waals surface area contributed by atoms with E-state index in [4.69, 9.17) is 9.47 Å². The Kier molecular flexibility index (Phi) is 6.35. The second kappa shape index (κ2) is 9.51. The molecule has 0 atom stereocenters. The van der Waals surface area contributed by atoms with Gasteiger partial charge in [-0.3, -0.25) is 9.36 Å². The predicted octanol–water partition coefficient (Wildman–Crippen LogP) is 4.28. The molecule has 164 valence electrons. The van der Waals surface area contributed by atoms with Crippen LogP contribution in [-0.4, -0.2) is 28.7 Å².